The first-order valence-electron chi connectivity index (χ1n) is 6.09. The summed E-state index contributed by atoms with van der Waals surface area (Å²) < 4.78 is 1.91. The van der Waals surface area contributed by atoms with Crippen LogP contribution in [0.3, 0.4) is 0 Å². The summed E-state index contributed by atoms with van der Waals surface area (Å²) in [6, 6.07) is 2.16. The van der Waals surface area contributed by atoms with E-state index in [1.807, 2.05) is 0 Å². The second-order valence-electron chi connectivity index (χ2n) is 5.04. The Hall–Kier alpha value is 0.390. The Morgan fingerprint density at radius 1 is 1.47 bits per heavy atom. The third kappa shape index (κ3) is 2.71. The topological polar surface area (TPSA) is 15.3 Å². The average Bonchev–Trinajstić information content (AvgIpc) is 2.86. The lowest BCUT2D eigenvalue weighted by Gasteiger charge is -2.34. The maximum Gasteiger partial charge on any atom is 0.107 e. The Morgan fingerprint density at radius 3 is 3.06 bits per heavy atom. The molecule has 2 fully saturated rings. The van der Waals surface area contributed by atoms with Gasteiger partial charge in [-0.05, 0) is 59.9 Å². The first-order valence-corrected chi connectivity index (χ1v) is 8.08. The molecule has 17 heavy (non-hydrogen) atoms. The van der Waals surface area contributed by atoms with Gasteiger partial charge >= 0.3 is 0 Å². The van der Waals surface area contributed by atoms with E-state index in [9.17, 15) is 0 Å². The molecule has 1 N–H and O–H groups in total. The molecular formula is C12H16BrClN2S. The first kappa shape index (κ1) is 12.4. The van der Waals surface area contributed by atoms with Crippen LogP contribution in [0.1, 0.15) is 11.3 Å². The lowest BCUT2D eigenvalue weighted by Crippen LogP contribution is -2.39. The number of piperidine rings is 1. The molecule has 0 spiro atoms. The Bertz CT molecular complexity index is 390. The maximum absolute atomic E-state index is 6.08. The average molecular weight is 336 g/mol. The van der Waals surface area contributed by atoms with Gasteiger partial charge in [-0.3, -0.25) is 4.90 Å². The molecule has 2 aliphatic heterocycles. The van der Waals surface area contributed by atoms with Gasteiger partial charge in [0.15, 0.2) is 0 Å². The van der Waals surface area contributed by atoms with E-state index in [-0.39, 0.29) is 0 Å². The van der Waals surface area contributed by atoms with Crippen molar-refractivity contribution in [3.63, 3.8) is 0 Å². The van der Waals surface area contributed by atoms with Crippen LogP contribution in [0.5, 0.6) is 0 Å². The molecule has 0 aliphatic carbocycles. The minimum absolute atomic E-state index is 0.864. The molecule has 0 radical (unpaired) electrons. The minimum atomic E-state index is 0.864. The van der Waals surface area contributed by atoms with E-state index in [0.717, 1.165) is 27.2 Å². The quantitative estimate of drug-likeness (QED) is 0.893. The normalized spacial score (nSPS) is 29.5. The molecule has 0 saturated carbocycles. The predicted octanol–water partition coefficient (Wildman–Crippen LogP) is 3.21. The highest BCUT2D eigenvalue weighted by Gasteiger charge is 2.32. The highest BCUT2D eigenvalue weighted by atomic mass is 79.9. The standard InChI is InChI=1S/C12H16BrClN2S/c13-11-3-10(17-12(11)14)7-16-2-1-8-4-15-5-9(8)6-16/h3,8-9,15H,1-2,4-7H2. The van der Waals surface area contributed by atoms with Gasteiger partial charge in [0.25, 0.3) is 0 Å². The Morgan fingerprint density at radius 2 is 2.29 bits per heavy atom. The van der Waals surface area contributed by atoms with Gasteiger partial charge in [0, 0.05) is 22.4 Å². The van der Waals surface area contributed by atoms with E-state index in [1.54, 1.807) is 11.3 Å². The molecule has 94 valence electrons. The molecule has 2 unspecified atom stereocenters. The third-order valence-electron chi connectivity index (χ3n) is 3.86. The van der Waals surface area contributed by atoms with Crippen molar-refractivity contribution in [2.75, 3.05) is 26.2 Å². The molecule has 3 rings (SSSR count). The number of thiophene rings is 1. The largest absolute Gasteiger partial charge is 0.316 e. The van der Waals surface area contributed by atoms with E-state index in [4.69, 9.17) is 11.6 Å². The molecule has 0 amide bonds. The van der Waals surface area contributed by atoms with Crippen LogP contribution >= 0.6 is 38.9 Å². The summed E-state index contributed by atoms with van der Waals surface area (Å²) in [4.78, 5) is 3.94. The molecule has 5 heteroatoms. The van der Waals surface area contributed by atoms with Gasteiger partial charge in [-0.1, -0.05) is 11.6 Å². The molecule has 3 heterocycles. The summed E-state index contributed by atoms with van der Waals surface area (Å²) >= 11 is 11.2. The predicted molar refractivity (Wildman–Crippen MR) is 76.8 cm³/mol. The molecular weight excluding hydrogens is 320 g/mol. The van der Waals surface area contributed by atoms with E-state index in [0.29, 0.717) is 0 Å². The van der Waals surface area contributed by atoms with Crippen molar-refractivity contribution in [2.45, 2.75) is 13.0 Å². The van der Waals surface area contributed by atoms with Gasteiger partial charge in [0.05, 0.1) is 0 Å². The van der Waals surface area contributed by atoms with Crippen molar-refractivity contribution in [3.8, 4) is 0 Å². The molecule has 2 aliphatic rings. The number of nitrogens with zero attached hydrogens (tertiary/aromatic N) is 1. The summed E-state index contributed by atoms with van der Waals surface area (Å²) in [5, 5.41) is 3.51. The fraction of sp³-hybridized carbons (Fsp3) is 0.667. The summed E-state index contributed by atoms with van der Waals surface area (Å²) in [5.41, 5.74) is 0. The van der Waals surface area contributed by atoms with Gasteiger partial charge < -0.3 is 5.32 Å². The van der Waals surface area contributed by atoms with Crippen LogP contribution in [0.4, 0.5) is 0 Å². The van der Waals surface area contributed by atoms with E-state index < -0.39 is 0 Å². The van der Waals surface area contributed by atoms with Crippen LogP contribution < -0.4 is 5.32 Å². The van der Waals surface area contributed by atoms with Crippen LogP contribution in [0, 0.1) is 11.8 Å². The fourth-order valence-corrected chi connectivity index (χ4v) is 4.78. The Labute approximate surface area is 119 Å². The molecule has 0 aromatic carbocycles. The smallest absolute Gasteiger partial charge is 0.107 e. The number of fused-ring (bicyclic) bond motifs is 1. The van der Waals surface area contributed by atoms with Crippen molar-refractivity contribution in [1.82, 2.24) is 10.2 Å². The Kier molecular flexibility index (Phi) is 3.78. The first-order chi connectivity index (χ1) is 8.22. The molecule has 2 nitrogen and oxygen atoms in total. The zero-order valence-electron chi connectivity index (χ0n) is 9.59. The number of rotatable bonds is 2. The highest BCUT2D eigenvalue weighted by molar-refractivity contribution is 9.10. The van der Waals surface area contributed by atoms with Crippen LogP contribution in [-0.4, -0.2) is 31.1 Å². The van der Waals surface area contributed by atoms with Gasteiger partial charge in [-0.2, -0.15) is 0 Å². The molecule has 1 aromatic rings. The lowest BCUT2D eigenvalue weighted by molar-refractivity contribution is 0.143. The zero-order valence-corrected chi connectivity index (χ0v) is 12.7. The van der Waals surface area contributed by atoms with Crippen molar-refractivity contribution < 1.29 is 0 Å². The van der Waals surface area contributed by atoms with E-state index in [1.165, 1.54) is 37.5 Å². The third-order valence-corrected chi connectivity index (χ3v) is 6.32. The van der Waals surface area contributed by atoms with Crippen molar-refractivity contribution in [3.05, 3.63) is 19.8 Å². The van der Waals surface area contributed by atoms with Crippen LogP contribution in [-0.2, 0) is 6.54 Å². The SMILES string of the molecule is Clc1sc(CN2CCC3CNCC3C2)cc1Br. The maximum atomic E-state index is 6.08. The minimum Gasteiger partial charge on any atom is -0.316 e. The lowest BCUT2D eigenvalue weighted by atomic mass is 9.89. The van der Waals surface area contributed by atoms with Crippen LogP contribution in [0.25, 0.3) is 0 Å². The summed E-state index contributed by atoms with van der Waals surface area (Å²) in [7, 11) is 0. The number of halogens is 2. The molecule has 2 atom stereocenters. The summed E-state index contributed by atoms with van der Waals surface area (Å²) in [6.07, 6.45) is 1.35. The molecule has 0 bridgehead atoms. The monoisotopic (exact) mass is 334 g/mol. The van der Waals surface area contributed by atoms with Gasteiger partial charge in [0.1, 0.15) is 4.34 Å². The Balaban J connectivity index is 1.62. The number of hydrogen-bond acceptors (Lipinski definition) is 3. The second-order valence-corrected chi connectivity index (χ2v) is 7.63. The highest BCUT2D eigenvalue weighted by Crippen LogP contribution is 2.34. The number of nitrogens with one attached hydrogen (secondary N) is 1. The van der Waals surface area contributed by atoms with Crippen molar-refractivity contribution >= 4 is 38.9 Å². The number of likely N-dealkylation sites (tertiary alicyclic amines) is 1. The summed E-state index contributed by atoms with van der Waals surface area (Å²) in [6.45, 7) is 5.96. The molecule has 2 saturated heterocycles. The fourth-order valence-electron chi connectivity index (χ4n) is 2.94. The molecule has 1 aromatic heterocycles. The van der Waals surface area contributed by atoms with Crippen LogP contribution in [0.15, 0.2) is 10.5 Å². The summed E-state index contributed by atoms with van der Waals surface area (Å²) in [5.74, 6) is 1.78. The van der Waals surface area contributed by atoms with Gasteiger partial charge in [-0.15, -0.1) is 11.3 Å². The van der Waals surface area contributed by atoms with Crippen molar-refractivity contribution in [1.29, 1.82) is 0 Å². The van der Waals surface area contributed by atoms with Gasteiger partial charge in [-0.25, -0.2) is 0 Å². The van der Waals surface area contributed by atoms with Crippen LogP contribution in [0.2, 0.25) is 4.34 Å². The number of hydrogen-bond donors (Lipinski definition) is 1. The van der Waals surface area contributed by atoms with Gasteiger partial charge in [0.2, 0.25) is 0 Å². The second kappa shape index (κ2) is 5.17. The van der Waals surface area contributed by atoms with Crippen molar-refractivity contribution in [2.24, 2.45) is 11.8 Å². The zero-order chi connectivity index (χ0) is 11.8. The van der Waals surface area contributed by atoms with E-state index in [2.05, 4.69) is 32.2 Å². The van der Waals surface area contributed by atoms with E-state index >= 15 is 0 Å².